The quantitative estimate of drug-likeness (QED) is 0.714. The molecule has 174 valence electrons. The fraction of sp³-hybridized carbons (Fsp3) is 0.692. The molecule has 5 aliphatic rings. The van der Waals surface area contributed by atoms with E-state index in [4.69, 9.17) is 10.5 Å². The molecule has 6 heteroatoms. The van der Waals surface area contributed by atoms with Crippen LogP contribution in [-0.2, 0) is 26.3 Å². The number of carbonyl (C=O) groups excluding carboxylic acids is 2. The van der Waals surface area contributed by atoms with Crippen molar-refractivity contribution in [3.63, 3.8) is 0 Å². The van der Waals surface area contributed by atoms with Gasteiger partial charge in [0.15, 0.2) is 0 Å². The molecule has 2 amide bonds. The second-order valence-corrected chi connectivity index (χ2v) is 11.3. The van der Waals surface area contributed by atoms with Crippen LogP contribution in [-0.4, -0.2) is 49.1 Å². The first-order chi connectivity index (χ1) is 15.3. The Kier molecular flexibility index (Phi) is 5.57. The molecule has 4 aliphatic carbocycles. The topological polar surface area (TPSA) is 84.7 Å². The van der Waals surface area contributed by atoms with E-state index in [-0.39, 0.29) is 23.3 Å². The number of hydrogen-bond acceptors (Lipinski definition) is 4. The van der Waals surface area contributed by atoms with Gasteiger partial charge >= 0.3 is 0 Å². The summed E-state index contributed by atoms with van der Waals surface area (Å²) in [6.07, 6.45) is 4.88. The number of hydrogen-bond donors (Lipinski definition) is 2. The van der Waals surface area contributed by atoms with Gasteiger partial charge < -0.3 is 15.8 Å². The van der Waals surface area contributed by atoms with Crippen LogP contribution in [0, 0.1) is 23.2 Å². The third kappa shape index (κ3) is 3.86. The molecule has 1 heterocycles. The van der Waals surface area contributed by atoms with Crippen molar-refractivity contribution in [2.75, 3.05) is 26.3 Å². The normalized spacial score (nSPS) is 34.4. The van der Waals surface area contributed by atoms with Crippen LogP contribution in [0.2, 0.25) is 0 Å². The maximum atomic E-state index is 13.5. The summed E-state index contributed by atoms with van der Waals surface area (Å²) >= 11 is 0. The Morgan fingerprint density at radius 3 is 2.50 bits per heavy atom. The number of amides is 2. The highest BCUT2D eigenvalue weighted by molar-refractivity contribution is 5.88. The van der Waals surface area contributed by atoms with Gasteiger partial charge in [0, 0.05) is 31.1 Å². The molecule has 4 saturated carbocycles. The smallest absolute Gasteiger partial charge is 0.230 e. The highest BCUT2D eigenvalue weighted by atomic mass is 16.5. The summed E-state index contributed by atoms with van der Waals surface area (Å²) in [6.45, 7) is 8.41. The van der Waals surface area contributed by atoms with Crippen LogP contribution < -0.4 is 11.1 Å². The second kappa shape index (κ2) is 8.14. The number of nitrogens with two attached hydrogens (primary N) is 1. The van der Waals surface area contributed by atoms with E-state index in [0.717, 1.165) is 70.5 Å². The zero-order valence-corrected chi connectivity index (χ0v) is 19.4. The number of nitrogens with zero attached hydrogens (tertiary/aromatic N) is 1. The number of ether oxygens (including phenoxy) is 1. The van der Waals surface area contributed by atoms with Gasteiger partial charge in [-0.1, -0.05) is 24.3 Å². The number of morpholine rings is 1. The zero-order valence-electron chi connectivity index (χ0n) is 19.4. The van der Waals surface area contributed by atoms with Crippen molar-refractivity contribution < 1.29 is 14.3 Å². The van der Waals surface area contributed by atoms with E-state index < -0.39 is 5.41 Å². The van der Waals surface area contributed by atoms with Crippen molar-refractivity contribution in [3.05, 3.63) is 35.4 Å². The van der Waals surface area contributed by atoms with Crippen LogP contribution >= 0.6 is 0 Å². The monoisotopic (exact) mass is 439 g/mol. The summed E-state index contributed by atoms with van der Waals surface area (Å²) in [6, 6.07) is 8.64. The number of nitrogens with one attached hydrogen (secondary N) is 1. The Morgan fingerprint density at radius 2 is 1.84 bits per heavy atom. The third-order valence-electron chi connectivity index (χ3n) is 8.82. The van der Waals surface area contributed by atoms with E-state index >= 15 is 0 Å². The molecule has 4 bridgehead atoms. The van der Waals surface area contributed by atoms with Gasteiger partial charge in [-0.3, -0.25) is 14.5 Å². The summed E-state index contributed by atoms with van der Waals surface area (Å²) < 4.78 is 5.46. The summed E-state index contributed by atoms with van der Waals surface area (Å²) in [4.78, 5) is 28.2. The van der Waals surface area contributed by atoms with Gasteiger partial charge in [0.25, 0.3) is 0 Å². The second-order valence-electron chi connectivity index (χ2n) is 11.3. The molecule has 0 radical (unpaired) electrons. The summed E-state index contributed by atoms with van der Waals surface area (Å²) in [5.41, 5.74) is 7.19. The fourth-order valence-corrected chi connectivity index (χ4v) is 7.10. The molecule has 1 aliphatic heterocycles. The maximum absolute atomic E-state index is 13.5. The number of rotatable bonds is 6. The standard InChI is InChI=1S/C26H37N3O3/c1-25(2,21-5-3-4-17(12-21)16-29-6-8-32-9-7-29)24(31)28-22-19-10-18-11-20(22)15-26(13-18,14-19)23(27)30/h3-5,12,18-20,22H,6-11,13-16H2,1-2H3,(H2,27,30)(H,28,31). The van der Waals surface area contributed by atoms with Crippen LogP contribution in [0.5, 0.6) is 0 Å². The Hall–Kier alpha value is -1.92. The summed E-state index contributed by atoms with van der Waals surface area (Å²) in [7, 11) is 0. The lowest BCUT2D eigenvalue weighted by Gasteiger charge is -2.59. The third-order valence-corrected chi connectivity index (χ3v) is 8.82. The molecule has 6 nitrogen and oxygen atoms in total. The lowest BCUT2D eigenvalue weighted by molar-refractivity contribution is -0.148. The van der Waals surface area contributed by atoms with E-state index in [1.807, 2.05) is 13.8 Å². The minimum atomic E-state index is -0.614. The van der Waals surface area contributed by atoms with E-state index in [1.54, 1.807) is 0 Å². The molecular weight excluding hydrogens is 402 g/mol. The van der Waals surface area contributed by atoms with Gasteiger partial charge in [0.05, 0.1) is 18.6 Å². The highest BCUT2D eigenvalue weighted by Crippen LogP contribution is 2.60. The van der Waals surface area contributed by atoms with Crippen LogP contribution in [0.3, 0.4) is 0 Å². The lowest BCUT2D eigenvalue weighted by atomic mass is 9.47. The largest absolute Gasteiger partial charge is 0.379 e. The van der Waals surface area contributed by atoms with E-state index in [1.165, 1.54) is 5.56 Å². The van der Waals surface area contributed by atoms with Crippen molar-refractivity contribution in [3.8, 4) is 0 Å². The molecule has 0 spiro atoms. The van der Waals surface area contributed by atoms with Crippen LogP contribution in [0.1, 0.15) is 57.1 Å². The molecule has 6 rings (SSSR count). The van der Waals surface area contributed by atoms with Crippen molar-refractivity contribution in [1.29, 1.82) is 0 Å². The van der Waals surface area contributed by atoms with Crippen LogP contribution in [0.4, 0.5) is 0 Å². The molecule has 1 aromatic carbocycles. The van der Waals surface area contributed by atoms with Crippen LogP contribution in [0.25, 0.3) is 0 Å². The van der Waals surface area contributed by atoms with Crippen LogP contribution in [0.15, 0.2) is 24.3 Å². The van der Waals surface area contributed by atoms with Gasteiger partial charge in [-0.2, -0.15) is 0 Å². The molecule has 3 N–H and O–H groups in total. The highest BCUT2D eigenvalue weighted by Gasteiger charge is 2.58. The van der Waals surface area contributed by atoms with Gasteiger partial charge in [-0.25, -0.2) is 0 Å². The fourth-order valence-electron chi connectivity index (χ4n) is 7.10. The molecule has 32 heavy (non-hydrogen) atoms. The number of benzene rings is 1. The van der Waals surface area contributed by atoms with Crippen molar-refractivity contribution in [1.82, 2.24) is 10.2 Å². The van der Waals surface area contributed by atoms with Gasteiger partial charge in [-0.05, 0) is 74.8 Å². The molecule has 1 aromatic rings. The molecule has 0 aromatic heterocycles. The van der Waals surface area contributed by atoms with E-state index in [9.17, 15) is 9.59 Å². The molecule has 5 fully saturated rings. The predicted octanol–water partition coefficient (Wildman–Crippen LogP) is 2.59. The SMILES string of the molecule is CC(C)(C(=O)NC1C2CC3CC1CC(C(N)=O)(C3)C2)c1cccc(CN2CCOCC2)c1. The molecule has 2 unspecified atom stereocenters. The Labute approximate surface area is 191 Å². The van der Waals surface area contributed by atoms with Crippen molar-refractivity contribution in [2.24, 2.45) is 28.9 Å². The van der Waals surface area contributed by atoms with Gasteiger partial charge in [-0.15, -0.1) is 0 Å². The first-order valence-electron chi connectivity index (χ1n) is 12.3. The predicted molar refractivity (Wildman–Crippen MR) is 123 cm³/mol. The van der Waals surface area contributed by atoms with Crippen molar-refractivity contribution >= 4 is 11.8 Å². The Balaban J connectivity index is 1.28. The summed E-state index contributed by atoms with van der Waals surface area (Å²) in [5, 5.41) is 3.44. The minimum Gasteiger partial charge on any atom is -0.379 e. The molecule has 1 saturated heterocycles. The lowest BCUT2D eigenvalue weighted by Crippen LogP contribution is -2.63. The average molecular weight is 440 g/mol. The number of carbonyl (C=O) groups is 2. The average Bonchev–Trinajstić information content (AvgIpc) is 2.76. The zero-order chi connectivity index (χ0) is 22.5. The first-order valence-corrected chi connectivity index (χ1v) is 12.3. The van der Waals surface area contributed by atoms with Gasteiger partial charge in [0.2, 0.25) is 11.8 Å². The molecular formula is C26H37N3O3. The number of primary amides is 1. The minimum absolute atomic E-state index is 0.0895. The Bertz CT molecular complexity index is 876. The maximum Gasteiger partial charge on any atom is 0.230 e. The van der Waals surface area contributed by atoms with E-state index in [0.29, 0.717) is 17.8 Å². The van der Waals surface area contributed by atoms with E-state index in [2.05, 4.69) is 34.5 Å². The molecule has 2 atom stereocenters. The Morgan fingerprint density at radius 1 is 1.16 bits per heavy atom. The summed E-state index contributed by atoms with van der Waals surface area (Å²) in [5.74, 6) is 1.31. The first kappa shape index (κ1) is 21.9. The van der Waals surface area contributed by atoms with Crippen molar-refractivity contribution in [2.45, 2.75) is 64.0 Å². The van der Waals surface area contributed by atoms with Gasteiger partial charge in [0.1, 0.15) is 0 Å².